The van der Waals surface area contributed by atoms with Crippen molar-refractivity contribution in [2.75, 3.05) is 31.3 Å². The van der Waals surface area contributed by atoms with Crippen molar-refractivity contribution in [3.05, 3.63) is 90.0 Å². The van der Waals surface area contributed by atoms with Gasteiger partial charge in [0.2, 0.25) is 0 Å². The fourth-order valence-electron chi connectivity index (χ4n) is 4.87. The summed E-state index contributed by atoms with van der Waals surface area (Å²) in [5, 5.41) is 11.9. The number of rotatable bonds is 8. The zero-order valence-electron chi connectivity index (χ0n) is 22.2. The van der Waals surface area contributed by atoms with Gasteiger partial charge in [-0.05, 0) is 61.0 Å². The Balaban J connectivity index is 1.51. The van der Waals surface area contributed by atoms with Crippen molar-refractivity contribution >= 4 is 44.1 Å². The molecular weight excluding hydrogens is 544 g/mol. The van der Waals surface area contributed by atoms with E-state index in [1.54, 1.807) is 48.5 Å². The molecule has 3 aromatic carbocycles. The van der Waals surface area contributed by atoms with E-state index in [0.29, 0.717) is 64.6 Å². The Morgan fingerprint density at radius 3 is 2.68 bits per heavy atom. The van der Waals surface area contributed by atoms with Crippen LogP contribution in [0.1, 0.15) is 24.1 Å². The number of anilines is 1. The molecule has 1 fully saturated rings. The second-order valence-electron chi connectivity index (χ2n) is 9.26. The van der Waals surface area contributed by atoms with Crippen LogP contribution >= 0.6 is 11.3 Å². The molecule has 2 aliphatic rings. The van der Waals surface area contributed by atoms with Crippen LogP contribution in [0.4, 0.5) is 5.13 Å². The summed E-state index contributed by atoms with van der Waals surface area (Å²) in [5.74, 6) is 0.243. The van der Waals surface area contributed by atoms with E-state index in [-0.39, 0.29) is 17.9 Å². The van der Waals surface area contributed by atoms with Crippen molar-refractivity contribution in [3.63, 3.8) is 0 Å². The lowest BCUT2D eigenvalue weighted by Gasteiger charge is -2.23. The predicted octanol–water partition coefficient (Wildman–Crippen LogP) is 5.66. The van der Waals surface area contributed by atoms with Crippen molar-refractivity contribution in [2.24, 2.45) is 0 Å². The zero-order chi connectivity index (χ0) is 28.5. The van der Waals surface area contributed by atoms with Crippen molar-refractivity contribution in [2.45, 2.75) is 13.0 Å². The molecule has 0 spiro atoms. The summed E-state index contributed by atoms with van der Waals surface area (Å²) in [5.41, 5.74) is 1.48. The van der Waals surface area contributed by atoms with Gasteiger partial charge >= 0.3 is 5.91 Å². The monoisotopic (exact) mass is 570 g/mol. The summed E-state index contributed by atoms with van der Waals surface area (Å²) in [4.78, 5) is 33.3. The van der Waals surface area contributed by atoms with Gasteiger partial charge in [0.15, 0.2) is 16.6 Å². The second kappa shape index (κ2) is 11.0. The maximum Gasteiger partial charge on any atom is 0.301 e. The van der Waals surface area contributed by atoms with Gasteiger partial charge in [0.1, 0.15) is 37.1 Å². The van der Waals surface area contributed by atoms with Crippen LogP contribution < -0.4 is 23.8 Å². The highest BCUT2D eigenvalue weighted by Gasteiger charge is 2.48. The minimum absolute atomic E-state index is 0.0678. The molecule has 6 rings (SSSR count). The highest BCUT2D eigenvalue weighted by molar-refractivity contribution is 7.22. The Kier molecular flexibility index (Phi) is 7.07. The topological polar surface area (TPSA) is 107 Å². The van der Waals surface area contributed by atoms with E-state index in [2.05, 4.69) is 11.6 Å². The molecular formula is C31H26N2O7S. The van der Waals surface area contributed by atoms with Gasteiger partial charge in [0.25, 0.3) is 5.78 Å². The minimum Gasteiger partial charge on any atom is -0.507 e. The number of Topliss-reactive ketones (excluding diaryl/α,β-unsaturated/α-hetero) is 1. The summed E-state index contributed by atoms with van der Waals surface area (Å²) in [7, 11) is 0. The third-order valence-corrected chi connectivity index (χ3v) is 7.68. The Morgan fingerprint density at radius 2 is 1.88 bits per heavy atom. The molecule has 0 bridgehead atoms. The van der Waals surface area contributed by atoms with E-state index in [1.807, 2.05) is 25.1 Å². The molecule has 2 aliphatic heterocycles. The average Bonchev–Trinajstić information content (AvgIpc) is 3.53. The fraction of sp³-hybridized carbons (Fsp3) is 0.194. The second-order valence-corrected chi connectivity index (χ2v) is 10.3. The molecule has 4 aromatic rings. The number of thiazole rings is 1. The summed E-state index contributed by atoms with van der Waals surface area (Å²) in [6.45, 7) is 7.16. The molecule has 1 atom stereocenters. The largest absolute Gasteiger partial charge is 0.507 e. The first-order valence-corrected chi connectivity index (χ1v) is 13.9. The van der Waals surface area contributed by atoms with E-state index in [4.69, 9.17) is 18.9 Å². The number of carbonyl (C=O) groups excluding carboxylic acids is 2. The number of amides is 1. The number of ketones is 1. The number of aliphatic hydroxyl groups excluding tert-OH is 1. The van der Waals surface area contributed by atoms with Crippen LogP contribution in [0.25, 0.3) is 16.0 Å². The van der Waals surface area contributed by atoms with Crippen LogP contribution in [-0.4, -0.2) is 48.2 Å². The summed E-state index contributed by atoms with van der Waals surface area (Å²) < 4.78 is 23.4. The van der Waals surface area contributed by atoms with Crippen LogP contribution in [0, 0.1) is 0 Å². The van der Waals surface area contributed by atoms with Gasteiger partial charge in [0, 0.05) is 5.56 Å². The molecule has 3 heterocycles. The smallest absolute Gasteiger partial charge is 0.301 e. The number of ether oxygens (including phenoxy) is 4. The molecule has 0 radical (unpaired) electrons. The Bertz CT molecular complexity index is 1710. The normalized spacial score (nSPS) is 17.6. The van der Waals surface area contributed by atoms with E-state index in [1.165, 1.54) is 16.2 Å². The molecule has 1 aromatic heterocycles. The van der Waals surface area contributed by atoms with Gasteiger partial charge in [0.05, 0.1) is 28.4 Å². The molecule has 1 amide bonds. The van der Waals surface area contributed by atoms with Crippen molar-refractivity contribution in [1.82, 2.24) is 4.98 Å². The fourth-order valence-corrected chi connectivity index (χ4v) is 5.89. The number of aromatic nitrogens is 1. The van der Waals surface area contributed by atoms with Crippen molar-refractivity contribution in [3.8, 4) is 23.0 Å². The van der Waals surface area contributed by atoms with E-state index < -0.39 is 17.7 Å². The number of aliphatic hydroxyl groups is 1. The van der Waals surface area contributed by atoms with Gasteiger partial charge in [-0.2, -0.15) is 0 Å². The third kappa shape index (κ3) is 4.87. The number of fused-ring (bicyclic) bond motifs is 2. The molecule has 41 heavy (non-hydrogen) atoms. The van der Waals surface area contributed by atoms with Gasteiger partial charge in [-0.3, -0.25) is 14.5 Å². The quantitative estimate of drug-likeness (QED) is 0.125. The molecule has 0 aliphatic carbocycles. The van der Waals surface area contributed by atoms with Crippen LogP contribution in [0.3, 0.4) is 0 Å². The van der Waals surface area contributed by atoms with Gasteiger partial charge < -0.3 is 24.1 Å². The van der Waals surface area contributed by atoms with Crippen molar-refractivity contribution in [1.29, 1.82) is 0 Å². The highest BCUT2D eigenvalue weighted by atomic mass is 32.1. The minimum atomic E-state index is -0.970. The van der Waals surface area contributed by atoms with Gasteiger partial charge in [-0.1, -0.05) is 36.1 Å². The number of hydrogen-bond donors (Lipinski definition) is 1. The SMILES string of the molecule is C=CCOc1cccc(C2/C(=C(/O)c3ccc4c(c3)OCCO4)C(=O)C(=O)N2c2nc3ccc(OCC)cc3s2)c1. The maximum absolute atomic E-state index is 13.7. The lowest BCUT2D eigenvalue weighted by atomic mass is 9.95. The standard InChI is InChI=1S/C31H26N2O7S/c1-3-12-38-20-7-5-6-18(15-20)27-26(28(34)19-8-11-23-24(16-19)40-14-13-39-23)29(35)30(36)33(27)31-32-22-10-9-21(37-4-2)17-25(22)41-31/h3,5-11,15-17,27,34H,1,4,12-14H2,2H3/b28-26-. The summed E-state index contributed by atoms with van der Waals surface area (Å²) in [6.07, 6.45) is 1.62. The van der Waals surface area contributed by atoms with Gasteiger partial charge in [-0.15, -0.1) is 0 Å². The first-order chi connectivity index (χ1) is 20.0. The average molecular weight is 571 g/mol. The summed E-state index contributed by atoms with van der Waals surface area (Å²) in [6, 6.07) is 16.5. The molecule has 10 heteroatoms. The third-order valence-electron chi connectivity index (χ3n) is 6.67. The van der Waals surface area contributed by atoms with Crippen LogP contribution in [0.5, 0.6) is 23.0 Å². The zero-order valence-corrected chi connectivity index (χ0v) is 23.0. The summed E-state index contributed by atoms with van der Waals surface area (Å²) >= 11 is 1.26. The first-order valence-electron chi connectivity index (χ1n) is 13.1. The Labute approximate surface area is 239 Å². The molecule has 208 valence electrons. The van der Waals surface area contributed by atoms with E-state index in [0.717, 1.165) is 4.70 Å². The number of benzene rings is 3. The Morgan fingerprint density at radius 1 is 1.07 bits per heavy atom. The number of nitrogens with zero attached hydrogens (tertiary/aromatic N) is 2. The molecule has 0 saturated carbocycles. The van der Waals surface area contributed by atoms with Crippen LogP contribution in [0.15, 0.2) is 78.9 Å². The maximum atomic E-state index is 13.7. The highest BCUT2D eigenvalue weighted by Crippen LogP contribution is 2.46. The van der Waals surface area contributed by atoms with Crippen molar-refractivity contribution < 1.29 is 33.6 Å². The first kappa shape index (κ1) is 26.4. The lowest BCUT2D eigenvalue weighted by molar-refractivity contribution is -0.132. The van der Waals surface area contributed by atoms with Crippen LogP contribution in [-0.2, 0) is 9.59 Å². The van der Waals surface area contributed by atoms with Crippen LogP contribution in [0.2, 0.25) is 0 Å². The predicted molar refractivity (Wildman–Crippen MR) is 155 cm³/mol. The van der Waals surface area contributed by atoms with Gasteiger partial charge in [-0.25, -0.2) is 4.98 Å². The molecule has 1 N–H and O–H groups in total. The number of hydrogen-bond acceptors (Lipinski definition) is 9. The van der Waals surface area contributed by atoms with E-state index in [9.17, 15) is 14.7 Å². The van der Waals surface area contributed by atoms with E-state index >= 15 is 0 Å². The number of carbonyl (C=O) groups is 2. The molecule has 1 unspecified atom stereocenters. The Hall–Kier alpha value is -4.83. The lowest BCUT2D eigenvalue weighted by Crippen LogP contribution is -2.29. The molecule has 1 saturated heterocycles. The molecule has 9 nitrogen and oxygen atoms in total.